The maximum Gasteiger partial charge on any atom is 0.219 e. The number of sulfonamides is 1. The molecule has 1 aliphatic heterocycles. The average Bonchev–Trinajstić information content (AvgIpc) is 3.18. The largest absolute Gasteiger partial charge is 0.457 e. The van der Waals surface area contributed by atoms with Gasteiger partial charge in [0.2, 0.25) is 10.0 Å². The maximum atomic E-state index is 13.1. The third-order valence-electron chi connectivity index (χ3n) is 5.22. The molecule has 1 aliphatic rings. The molecule has 6 nitrogen and oxygen atoms in total. The van der Waals surface area contributed by atoms with Gasteiger partial charge in [-0.3, -0.25) is 4.84 Å². The van der Waals surface area contributed by atoms with Crippen molar-refractivity contribution in [3.8, 4) is 11.5 Å². The van der Waals surface area contributed by atoms with Crippen molar-refractivity contribution in [2.24, 2.45) is 0 Å². The van der Waals surface area contributed by atoms with E-state index in [9.17, 15) is 12.8 Å². The van der Waals surface area contributed by atoms with Crippen LogP contribution in [0, 0.1) is 5.82 Å². The molecule has 0 amide bonds. The van der Waals surface area contributed by atoms with Crippen molar-refractivity contribution < 1.29 is 22.4 Å². The predicted octanol–water partition coefficient (Wildman–Crippen LogP) is 4.68. The van der Waals surface area contributed by atoms with Crippen molar-refractivity contribution in [2.75, 3.05) is 13.7 Å². The summed E-state index contributed by atoms with van der Waals surface area (Å²) in [6, 6.07) is 19.4. The molecule has 32 heavy (non-hydrogen) atoms. The second-order valence-electron chi connectivity index (χ2n) is 7.45. The van der Waals surface area contributed by atoms with Crippen LogP contribution in [-0.4, -0.2) is 32.4 Å². The first-order chi connectivity index (χ1) is 15.3. The maximum absolute atomic E-state index is 13.1. The summed E-state index contributed by atoms with van der Waals surface area (Å²) in [7, 11) is -2.04. The Hall–Kier alpha value is -2.49. The molecule has 1 fully saturated rings. The summed E-state index contributed by atoms with van der Waals surface area (Å²) >= 11 is 5.92. The number of ether oxygens (including phenoxy) is 1. The molecule has 9 heteroatoms. The Morgan fingerprint density at radius 3 is 2.53 bits per heavy atom. The lowest BCUT2D eigenvalue weighted by Gasteiger charge is -2.23. The molecule has 0 spiro atoms. The predicted molar refractivity (Wildman–Crippen MR) is 120 cm³/mol. The number of rotatable bonds is 7. The molecule has 0 radical (unpaired) electrons. The highest BCUT2D eigenvalue weighted by Gasteiger charge is 2.43. The highest BCUT2D eigenvalue weighted by Crippen LogP contribution is 2.35. The zero-order valence-corrected chi connectivity index (χ0v) is 18.8. The van der Waals surface area contributed by atoms with Crippen molar-refractivity contribution in [1.29, 1.82) is 0 Å². The lowest BCUT2D eigenvalue weighted by molar-refractivity contribution is -0.110. The van der Waals surface area contributed by atoms with Gasteiger partial charge in [-0.1, -0.05) is 35.9 Å². The van der Waals surface area contributed by atoms with Gasteiger partial charge in [-0.25, -0.2) is 17.5 Å². The molecular formula is C23H22ClFN2O4S. The van der Waals surface area contributed by atoms with Gasteiger partial charge in [-0.05, 0) is 59.7 Å². The lowest BCUT2D eigenvalue weighted by atomic mass is 10.0. The van der Waals surface area contributed by atoms with Gasteiger partial charge in [0, 0.05) is 18.6 Å². The number of nitrogens with zero attached hydrogens (tertiary/aromatic N) is 1. The normalized spacial score (nSPS) is 19.2. The summed E-state index contributed by atoms with van der Waals surface area (Å²) < 4.78 is 47.8. The molecule has 4 rings (SSSR count). The molecule has 2 atom stereocenters. The Morgan fingerprint density at radius 2 is 1.81 bits per heavy atom. The first kappa shape index (κ1) is 22.7. The summed E-state index contributed by atoms with van der Waals surface area (Å²) in [5, 5.41) is 1.32. The van der Waals surface area contributed by atoms with E-state index in [1.54, 1.807) is 60.6 Å². The van der Waals surface area contributed by atoms with Gasteiger partial charge in [-0.2, -0.15) is 5.06 Å². The first-order valence-corrected chi connectivity index (χ1v) is 11.9. The van der Waals surface area contributed by atoms with E-state index in [0.29, 0.717) is 22.1 Å². The molecule has 3 aromatic carbocycles. The Balaban J connectivity index is 1.52. The Morgan fingerprint density at radius 1 is 1.09 bits per heavy atom. The second-order valence-corrected chi connectivity index (χ2v) is 9.87. The van der Waals surface area contributed by atoms with Crippen LogP contribution in [0.4, 0.5) is 4.39 Å². The van der Waals surface area contributed by atoms with Gasteiger partial charge < -0.3 is 4.74 Å². The van der Waals surface area contributed by atoms with Crippen LogP contribution in [0.2, 0.25) is 5.02 Å². The highest BCUT2D eigenvalue weighted by atomic mass is 35.5. The zero-order valence-electron chi connectivity index (χ0n) is 17.2. The Kier molecular flexibility index (Phi) is 6.78. The fourth-order valence-electron chi connectivity index (χ4n) is 3.57. The SMILES string of the molecule is CN1OCC(S(=O)(=O)NCc2ccc(F)cc2)C1c1cccc(Oc2ccc(Cl)cc2)c1. The van der Waals surface area contributed by atoms with Crippen molar-refractivity contribution in [1.82, 2.24) is 9.79 Å². The minimum Gasteiger partial charge on any atom is -0.457 e. The molecular weight excluding hydrogens is 455 g/mol. The lowest BCUT2D eigenvalue weighted by Crippen LogP contribution is -2.39. The zero-order chi connectivity index (χ0) is 22.7. The molecule has 1 heterocycles. The fraction of sp³-hybridized carbons (Fsp3) is 0.217. The summed E-state index contributed by atoms with van der Waals surface area (Å²) in [5.41, 5.74) is 1.41. The molecule has 0 aromatic heterocycles. The summed E-state index contributed by atoms with van der Waals surface area (Å²) in [5.74, 6) is 0.816. The van der Waals surface area contributed by atoms with Crippen LogP contribution in [0.1, 0.15) is 17.2 Å². The van der Waals surface area contributed by atoms with Gasteiger partial charge >= 0.3 is 0 Å². The monoisotopic (exact) mass is 476 g/mol. The van der Waals surface area contributed by atoms with Gasteiger partial charge in [0.25, 0.3) is 0 Å². The van der Waals surface area contributed by atoms with E-state index in [2.05, 4.69) is 4.72 Å². The first-order valence-electron chi connectivity index (χ1n) is 9.94. The van der Waals surface area contributed by atoms with Crippen molar-refractivity contribution in [3.05, 3.63) is 94.8 Å². The molecule has 0 saturated carbocycles. The van der Waals surface area contributed by atoms with Crippen molar-refractivity contribution in [3.63, 3.8) is 0 Å². The number of halogens is 2. The minimum atomic E-state index is -3.74. The fourth-order valence-corrected chi connectivity index (χ4v) is 5.19. The number of hydrogen-bond donors (Lipinski definition) is 1. The van der Waals surface area contributed by atoms with Crippen LogP contribution in [-0.2, 0) is 21.4 Å². The smallest absolute Gasteiger partial charge is 0.219 e. The quantitative estimate of drug-likeness (QED) is 0.536. The van der Waals surface area contributed by atoms with Crippen LogP contribution in [0.3, 0.4) is 0 Å². The van der Waals surface area contributed by atoms with E-state index in [1.165, 1.54) is 12.1 Å². The van der Waals surface area contributed by atoms with Crippen LogP contribution < -0.4 is 9.46 Å². The number of hydrogen-bond acceptors (Lipinski definition) is 5. The van der Waals surface area contributed by atoms with E-state index < -0.39 is 21.3 Å². The van der Waals surface area contributed by atoms with Gasteiger partial charge in [0.1, 0.15) is 22.6 Å². The summed E-state index contributed by atoms with van der Waals surface area (Å²) in [6.07, 6.45) is 0. The topological polar surface area (TPSA) is 67.9 Å². The van der Waals surface area contributed by atoms with E-state index in [0.717, 1.165) is 5.56 Å². The van der Waals surface area contributed by atoms with E-state index in [4.69, 9.17) is 21.2 Å². The Bertz CT molecular complexity index is 1170. The highest BCUT2D eigenvalue weighted by molar-refractivity contribution is 7.90. The van der Waals surface area contributed by atoms with Crippen molar-refractivity contribution in [2.45, 2.75) is 17.8 Å². The number of hydroxylamine groups is 2. The third-order valence-corrected chi connectivity index (χ3v) is 7.21. The molecule has 1 N–H and O–H groups in total. The standard InChI is InChI=1S/C23H22ClFN2O4S/c1-27-23(17-3-2-4-21(13-17)31-20-11-7-18(24)8-12-20)22(15-30-27)32(28,29)26-14-16-5-9-19(25)10-6-16/h2-13,22-23,26H,14-15H2,1H3. The molecule has 0 bridgehead atoms. The molecule has 1 saturated heterocycles. The van der Waals surface area contributed by atoms with Crippen LogP contribution in [0.25, 0.3) is 0 Å². The Labute approximate surface area is 191 Å². The average molecular weight is 477 g/mol. The van der Waals surface area contributed by atoms with Gasteiger partial charge in [-0.15, -0.1) is 0 Å². The van der Waals surface area contributed by atoms with Crippen LogP contribution in [0.5, 0.6) is 11.5 Å². The van der Waals surface area contributed by atoms with Crippen LogP contribution >= 0.6 is 11.6 Å². The number of benzene rings is 3. The van der Waals surface area contributed by atoms with E-state index in [1.807, 2.05) is 12.1 Å². The number of nitrogens with one attached hydrogen (secondary N) is 1. The summed E-state index contributed by atoms with van der Waals surface area (Å²) in [4.78, 5) is 5.57. The molecule has 0 aliphatic carbocycles. The third kappa shape index (κ3) is 5.28. The van der Waals surface area contributed by atoms with Gasteiger partial charge in [0.05, 0.1) is 12.6 Å². The van der Waals surface area contributed by atoms with E-state index >= 15 is 0 Å². The van der Waals surface area contributed by atoms with Crippen LogP contribution in [0.15, 0.2) is 72.8 Å². The van der Waals surface area contributed by atoms with Crippen molar-refractivity contribution >= 4 is 21.6 Å². The molecule has 3 aromatic rings. The molecule has 2 unspecified atom stereocenters. The van der Waals surface area contributed by atoms with Gasteiger partial charge in [0.15, 0.2) is 0 Å². The van der Waals surface area contributed by atoms with E-state index in [-0.39, 0.29) is 19.0 Å². The second kappa shape index (κ2) is 9.56. The minimum absolute atomic E-state index is 0.0161. The molecule has 168 valence electrons. The summed E-state index contributed by atoms with van der Waals surface area (Å²) in [6.45, 7) is 0.0808.